The van der Waals surface area contributed by atoms with Crippen molar-refractivity contribution in [2.75, 3.05) is 25.5 Å². The van der Waals surface area contributed by atoms with Gasteiger partial charge in [-0.05, 0) is 18.6 Å². The highest BCUT2D eigenvalue weighted by Gasteiger charge is 2.17. The predicted molar refractivity (Wildman–Crippen MR) is 72.1 cm³/mol. The Kier molecular flexibility index (Phi) is 4.32. The number of hydrogen-bond acceptors (Lipinski definition) is 3. The van der Waals surface area contributed by atoms with Crippen LogP contribution in [0.3, 0.4) is 0 Å². The van der Waals surface area contributed by atoms with Gasteiger partial charge in [-0.1, -0.05) is 23.2 Å². The monoisotopic (exact) mass is 288 g/mol. The van der Waals surface area contributed by atoms with Crippen molar-refractivity contribution in [3.05, 3.63) is 27.7 Å². The number of carbonyl (C=O) groups excluding carboxylic acids is 1. The molecule has 1 heterocycles. The summed E-state index contributed by atoms with van der Waals surface area (Å²) in [5, 5.41) is 3.42. The Bertz CT molecular complexity index is 436. The zero-order chi connectivity index (χ0) is 13.1. The van der Waals surface area contributed by atoms with E-state index in [0.717, 1.165) is 13.0 Å². The Morgan fingerprint density at radius 1 is 1.44 bits per heavy atom. The van der Waals surface area contributed by atoms with Crippen molar-refractivity contribution < 1.29 is 9.53 Å². The van der Waals surface area contributed by atoms with Gasteiger partial charge in [0.1, 0.15) is 0 Å². The zero-order valence-corrected chi connectivity index (χ0v) is 11.2. The molecule has 2 rings (SSSR count). The van der Waals surface area contributed by atoms with E-state index in [9.17, 15) is 4.79 Å². The molecule has 0 spiro atoms. The van der Waals surface area contributed by atoms with Gasteiger partial charge < -0.3 is 15.8 Å². The summed E-state index contributed by atoms with van der Waals surface area (Å²) in [4.78, 5) is 11.9. The van der Waals surface area contributed by atoms with Crippen LogP contribution in [0.4, 0.5) is 5.69 Å². The first-order valence-corrected chi connectivity index (χ1v) is 6.44. The summed E-state index contributed by atoms with van der Waals surface area (Å²) < 4.78 is 5.24. The largest absolute Gasteiger partial charge is 0.396 e. The van der Waals surface area contributed by atoms with E-state index >= 15 is 0 Å². The molecule has 98 valence electrons. The molecule has 1 aliphatic rings. The van der Waals surface area contributed by atoms with Crippen molar-refractivity contribution >= 4 is 34.8 Å². The van der Waals surface area contributed by atoms with Crippen LogP contribution in [0.5, 0.6) is 0 Å². The lowest BCUT2D eigenvalue weighted by Crippen LogP contribution is -2.29. The lowest BCUT2D eigenvalue weighted by atomic mass is 10.1. The molecule has 1 fully saturated rings. The molecule has 3 N–H and O–H groups in total. The van der Waals surface area contributed by atoms with Gasteiger partial charge in [0, 0.05) is 24.6 Å². The van der Waals surface area contributed by atoms with E-state index < -0.39 is 0 Å². The molecule has 0 bridgehead atoms. The highest BCUT2D eigenvalue weighted by Crippen LogP contribution is 2.28. The zero-order valence-electron chi connectivity index (χ0n) is 9.71. The number of amides is 1. The molecule has 1 saturated heterocycles. The first-order chi connectivity index (χ1) is 8.58. The summed E-state index contributed by atoms with van der Waals surface area (Å²) in [6.45, 7) is 2.06. The summed E-state index contributed by atoms with van der Waals surface area (Å²) in [5.41, 5.74) is 6.32. The third-order valence-corrected chi connectivity index (χ3v) is 3.54. The van der Waals surface area contributed by atoms with Crippen LogP contribution in [0.25, 0.3) is 0 Å². The van der Waals surface area contributed by atoms with Gasteiger partial charge in [0.2, 0.25) is 0 Å². The number of nitrogen functional groups attached to an aromatic ring is 1. The van der Waals surface area contributed by atoms with Crippen LogP contribution in [0.2, 0.25) is 10.0 Å². The van der Waals surface area contributed by atoms with Gasteiger partial charge in [-0.2, -0.15) is 0 Å². The topological polar surface area (TPSA) is 64.4 Å². The SMILES string of the molecule is Nc1c(Cl)cc(C(=O)NCC2CCOC2)cc1Cl. The van der Waals surface area contributed by atoms with Gasteiger partial charge in [0.15, 0.2) is 0 Å². The molecule has 1 atom stereocenters. The van der Waals surface area contributed by atoms with Crippen LogP contribution in [-0.4, -0.2) is 25.7 Å². The fourth-order valence-corrected chi connectivity index (χ4v) is 2.29. The predicted octanol–water partition coefficient (Wildman–Crippen LogP) is 2.34. The number of nitrogens with two attached hydrogens (primary N) is 1. The maximum Gasteiger partial charge on any atom is 0.251 e. The minimum Gasteiger partial charge on any atom is -0.396 e. The first-order valence-electron chi connectivity index (χ1n) is 5.68. The molecule has 0 aromatic heterocycles. The smallest absolute Gasteiger partial charge is 0.251 e. The second-order valence-electron chi connectivity index (χ2n) is 4.29. The van der Waals surface area contributed by atoms with Crippen LogP contribution in [0.15, 0.2) is 12.1 Å². The summed E-state index contributed by atoms with van der Waals surface area (Å²) in [6.07, 6.45) is 0.976. The number of ether oxygens (including phenoxy) is 1. The Morgan fingerprint density at radius 3 is 2.67 bits per heavy atom. The third-order valence-electron chi connectivity index (χ3n) is 2.92. The third kappa shape index (κ3) is 3.07. The fraction of sp³-hybridized carbons (Fsp3) is 0.417. The van der Waals surface area contributed by atoms with E-state index in [4.69, 9.17) is 33.7 Å². The van der Waals surface area contributed by atoms with Crippen molar-refractivity contribution in [1.29, 1.82) is 0 Å². The number of benzene rings is 1. The van der Waals surface area contributed by atoms with E-state index in [0.29, 0.717) is 30.3 Å². The van der Waals surface area contributed by atoms with Crippen LogP contribution >= 0.6 is 23.2 Å². The van der Waals surface area contributed by atoms with Crippen molar-refractivity contribution in [2.24, 2.45) is 5.92 Å². The van der Waals surface area contributed by atoms with Crippen molar-refractivity contribution in [1.82, 2.24) is 5.32 Å². The molecule has 6 heteroatoms. The molecule has 0 aliphatic carbocycles. The molecule has 1 aliphatic heterocycles. The second-order valence-corrected chi connectivity index (χ2v) is 5.11. The summed E-state index contributed by atoms with van der Waals surface area (Å²) in [6, 6.07) is 3.03. The van der Waals surface area contributed by atoms with Crippen LogP contribution < -0.4 is 11.1 Å². The van der Waals surface area contributed by atoms with Crippen LogP contribution in [0.1, 0.15) is 16.8 Å². The minimum absolute atomic E-state index is 0.203. The van der Waals surface area contributed by atoms with Gasteiger partial charge in [-0.25, -0.2) is 0 Å². The normalized spacial score (nSPS) is 18.9. The van der Waals surface area contributed by atoms with E-state index in [1.807, 2.05) is 0 Å². The molecule has 1 amide bonds. The number of carbonyl (C=O) groups is 1. The fourth-order valence-electron chi connectivity index (χ4n) is 1.80. The second kappa shape index (κ2) is 5.78. The standard InChI is InChI=1S/C12H14Cl2N2O2/c13-9-3-8(4-10(14)11(9)15)12(17)16-5-7-1-2-18-6-7/h3-4,7H,1-2,5-6,15H2,(H,16,17). The van der Waals surface area contributed by atoms with E-state index in [1.54, 1.807) is 0 Å². The van der Waals surface area contributed by atoms with Gasteiger partial charge in [-0.3, -0.25) is 4.79 Å². The van der Waals surface area contributed by atoms with E-state index in [2.05, 4.69) is 5.32 Å². The molecule has 1 aromatic rings. The lowest BCUT2D eigenvalue weighted by Gasteiger charge is -2.10. The highest BCUT2D eigenvalue weighted by molar-refractivity contribution is 6.39. The van der Waals surface area contributed by atoms with Gasteiger partial charge in [0.25, 0.3) is 5.91 Å². The number of hydrogen-bond donors (Lipinski definition) is 2. The number of halogens is 2. The highest BCUT2D eigenvalue weighted by atomic mass is 35.5. The Morgan fingerprint density at radius 2 is 2.11 bits per heavy atom. The summed E-state index contributed by atoms with van der Waals surface area (Å²) in [7, 11) is 0. The van der Waals surface area contributed by atoms with Crippen LogP contribution in [-0.2, 0) is 4.74 Å². The Labute approximate surface area is 115 Å². The lowest BCUT2D eigenvalue weighted by molar-refractivity contribution is 0.0945. The Hall–Kier alpha value is -0.970. The average molecular weight is 289 g/mol. The van der Waals surface area contributed by atoms with Gasteiger partial charge >= 0.3 is 0 Å². The molecule has 4 nitrogen and oxygen atoms in total. The number of nitrogens with one attached hydrogen (secondary N) is 1. The summed E-state index contributed by atoms with van der Waals surface area (Å²) in [5.74, 6) is 0.180. The first kappa shape index (κ1) is 13.5. The molecular formula is C12H14Cl2N2O2. The van der Waals surface area contributed by atoms with E-state index in [1.165, 1.54) is 12.1 Å². The molecule has 0 radical (unpaired) electrons. The average Bonchev–Trinajstić information content (AvgIpc) is 2.85. The minimum atomic E-state index is -0.203. The van der Waals surface area contributed by atoms with Crippen molar-refractivity contribution in [3.63, 3.8) is 0 Å². The molecule has 0 saturated carbocycles. The van der Waals surface area contributed by atoms with Crippen LogP contribution in [0, 0.1) is 5.92 Å². The summed E-state index contributed by atoms with van der Waals surface area (Å²) >= 11 is 11.8. The maximum atomic E-state index is 11.9. The molecular weight excluding hydrogens is 275 g/mol. The van der Waals surface area contributed by atoms with Crippen molar-refractivity contribution in [3.8, 4) is 0 Å². The van der Waals surface area contributed by atoms with Gasteiger partial charge in [-0.15, -0.1) is 0 Å². The molecule has 1 aromatic carbocycles. The maximum absolute atomic E-state index is 11.9. The number of anilines is 1. The Balaban J connectivity index is 2.00. The van der Waals surface area contributed by atoms with Gasteiger partial charge in [0.05, 0.1) is 22.3 Å². The van der Waals surface area contributed by atoms with E-state index in [-0.39, 0.29) is 16.0 Å². The molecule has 18 heavy (non-hydrogen) atoms. The number of rotatable bonds is 3. The quantitative estimate of drug-likeness (QED) is 0.839. The molecule has 1 unspecified atom stereocenters. The van der Waals surface area contributed by atoms with Crippen molar-refractivity contribution in [2.45, 2.75) is 6.42 Å².